The number of aromatic nitrogens is 3. The number of anilines is 1. The van der Waals surface area contributed by atoms with Gasteiger partial charge in [-0.1, -0.05) is 65.0 Å². The van der Waals surface area contributed by atoms with E-state index in [1.165, 1.54) is 40.1 Å². The van der Waals surface area contributed by atoms with Crippen LogP contribution in [0.1, 0.15) is 37.5 Å². The minimum Gasteiger partial charge on any atom is -0.503 e. The Bertz CT molecular complexity index is 1550. The van der Waals surface area contributed by atoms with Gasteiger partial charge in [-0.15, -0.1) is 21.5 Å². The Hall–Kier alpha value is -3.12. The van der Waals surface area contributed by atoms with Crippen molar-refractivity contribution in [1.29, 1.82) is 0 Å². The normalized spacial score (nSPS) is 15.6. The summed E-state index contributed by atoms with van der Waals surface area (Å²) in [5, 5.41) is 20.6. The van der Waals surface area contributed by atoms with E-state index in [0.717, 1.165) is 16.9 Å². The van der Waals surface area contributed by atoms with Crippen molar-refractivity contribution in [1.82, 2.24) is 15.2 Å². The van der Waals surface area contributed by atoms with E-state index < -0.39 is 23.5 Å². The summed E-state index contributed by atoms with van der Waals surface area (Å²) in [6.07, 6.45) is 0. The van der Waals surface area contributed by atoms with Gasteiger partial charge in [0.25, 0.3) is 5.91 Å². The van der Waals surface area contributed by atoms with E-state index in [1.807, 2.05) is 0 Å². The van der Waals surface area contributed by atoms with Gasteiger partial charge in [-0.2, -0.15) is 0 Å². The van der Waals surface area contributed by atoms with Gasteiger partial charge in [-0.05, 0) is 43.2 Å². The third-order valence-corrected chi connectivity index (χ3v) is 9.18. The van der Waals surface area contributed by atoms with Gasteiger partial charge in [0.2, 0.25) is 10.9 Å². The number of carbonyl (C=O) groups is 2. The first kappa shape index (κ1) is 25.5. The van der Waals surface area contributed by atoms with Crippen LogP contribution in [0.15, 0.2) is 64.2 Å². The molecule has 1 N–H and O–H groups in total. The second-order valence-corrected chi connectivity index (χ2v) is 11.9. The number of aliphatic hydroxyl groups excluding tert-OH is 1. The van der Waals surface area contributed by atoms with Crippen molar-refractivity contribution in [2.45, 2.75) is 30.0 Å². The van der Waals surface area contributed by atoms with Crippen molar-refractivity contribution in [3.63, 3.8) is 0 Å². The number of thiazole rings is 1. The fraction of sp³-hybridized carbons (Fsp3) is 0.160. The molecule has 5 rings (SSSR count). The molecule has 0 fully saturated rings. The first-order chi connectivity index (χ1) is 17.7. The number of hydrogen-bond acceptors (Lipinski definition) is 9. The first-order valence-electron chi connectivity index (χ1n) is 10.9. The fourth-order valence-electron chi connectivity index (χ4n) is 3.97. The summed E-state index contributed by atoms with van der Waals surface area (Å²) in [6, 6.07) is 12.0. The number of aliphatic hydroxyl groups is 1. The molecule has 37 heavy (non-hydrogen) atoms. The van der Waals surface area contributed by atoms with Gasteiger partial charge < -0.3 is 5.11 Å². The number of hydrogen-bond donors (Lipinski definition) is 1. The Balaban J connectivity index is 1.51. The Labute approximate surface area is 228 Å². The summed E-state index contributed by atoms with van der Waals surface area (Å²) in [6.45, 7) is 3.50. The van der Waals surface area contributed by atoms with Gasteiger partial charge in [0.1, 0.15) is 5.82 Å². The zero-order valence-corrected chi connectivity index (χ0v) is 22.6. The zero-order chi connectivity index (χ0) is 26.3. The lowest BCUT2D eigenvalue weighted by molar-refractivity contribution is -0.117. The molecule has 0 saturated carbocycles. The summed E-state index contributed by atoms with van der Waals surface area (Å²) in [5.74, 6) is -1.70. The van der Waals surface area contributed by atoms with Crippen LogP contribution in [-0.2, 0) is 10.5 Å². The van der Waals surface area contributed by atoms with Crippen molar-refractivity contribution in [2.75, 3.05) is 4.90 Å². The van der Waals surface area contributed by atoms with Gasteiger partial charge >= 0.3 is 0 Å². The molecular formula is C25H18ClFN4O3S3. The highest BCUT2D eigenvalue weighted by Gasteiger charge is 2.47. The Kier molecular flexibility index (Phi) is 7.13. The monoisotopic (exact) mass is 572 g/mol. The SMILES string of the molecule is Cc1nc(C)c(C(=O)C2=C(O)C(=O)N(c3nnc(SCc4ccc(F)cc4)s3)C2c2ccccc2Cl)s1. The number of Topliss-reactive ketones (excluding diaryl/α,β-unsaturated/α-hetero) is 1. The number of carbonyl (C=O) groups excluding carboxylic acids is 2. The zero-order valence-electron chi connectivity index (χ0n) is 19.4. The summed E-state index contributed by atoms with van der Waals surface area (Å²) in [5.41, 5.74) is 1.81. The van der Waals surface area contributed by atoms with E-state index in [-0.39, 0.29) is 16.5 Å². The molecule has 4 aromatic rings. The minimum atomic E-state index is -1.00. The van der Waals surface area contributed by atoms with E-state index in [1.54, 1.807) is 50.2 Å². The topological polar surface area (TPSA) is 96.3 Å². The van der Waals surface area contributed by atoms with E-state index in [2.05, 4.69) is 15.2 Å². The molecule has 0 saturated heterocycles. The van der Waals surface area contributed by atoms with Crippen LogP contribution in [0.5, 0.6) is 0 Å². The van der Waals surface area contributed by atoms with Gasteiger partial charge in [-0.25, -0.2) is 9.37 Å². The molecule has 1 atom stereocenters. The number of amides is 1. The van der Waals surface area contributed by atoms with Crippen LogP contribution in [0.4, 0.5) is 9.52 Å². The highest BCUT2D eigenvalue weighted by Crippen LogP contribution is 2.46. The number of rotatable bonds is 7. The molecule has 3 heterocycles. The highest BCUT2D eigenvalue weighted by molar-refractivity contribution is 8.00. The summed E-state index contributed by atoms with van der Waals surface area (Å²) in [7, 11) is 0. The molecule has 1 aliphatic rings. The average molecular weight is 573 g/mol. The molecule has 0 bridgehead atoms. The predicted molar refractivity (Wildman–Crippen MR) is 143 cm³/mol. The standard InChI is InChI=1S/C25H18ClFN4O3S3/c1-12-22(36-13(2)28-12)20(32)18-19(16-5-3-4-6-17(16)26)31(23(34)21(18)33)24-29-30-25(37-24)35-11-14-7-9-15(27)10-8-14/h3-10,19,33H,11H2,1-2H3. The molecule has 7 nitrogen and oxygen atoms in total. The minimum absolute atomic E-state index is 0.0828. The molecule has 2 aromatic heterocycles. The van der Waals surface area contributed by atoms with Crippen molar-refractivity contribution >= 4 is 62.9 Å². The number of nitrogens with zero attached hydrogens (tertiary/aromatic N) is 4. The summed E-state index contributed by atoms with van der Waals surface area (Å²) < 4.78 is 13.8. The smallest absolute Gasteiger partial charge is 0.296 e. The lowest BCUT2D eigenvalue weighted by Gasteiger charge is -2.24. The van der Waals surface area contributed by atoms with Gasteiger partial charge in [0, 0.05) is 10.8 Å². The van der Waals surface area contributed by atoms with Crippen molar-refractivity contribution < 1.29 is 19.1 Å². The largest absolute Gasteiger partial charge is 0.503 e. The summed E-state index contributed by atoms with van der Waals surface area (Å²) >= 11 is 10.2. The van der Waals surface area contributed by atoms with E-state index in [0.29, 0.717) is 36.3 Å². The first-order valence-corrected chi connectivity index (χ1v) is 13.9. The van der Waals surface area contributed by atoms with Crippen LogP contribution in [0.3, 0.4) is 0 Å². The van der Waals surface area contributed by atoms with Crippen LogP contribution in [0.25, 0.3) is 0 Å². The third kappa shape index (κ3) is 4.91. The molecular weight excluding hydrogens is 555 g/mol. The van der Waals surface area contributed by atoms with Crippen molar-refractivity contribution in [3.05, 3.63) is 97.4 Å². The maximum absolute atomic E-state index is 13.7. The van der Waals surface area contributed by atoms with Gasteiger partial charge in [0.15, 0.2) is 10.1 Å². The number of halogens is 2. The third-order valence-electron chi connectivity index (χ3n) is 5.64. The number of thioether (sulfide) groups is 1. The van der Waals surface area contributed by atoms with Crippen LogP contribution in [0, 0.1) is 19.7 Å². The average Bonchev–Trinajstić information content (AvgIpc) is 3.55. The van der Waals surface area contributed by atoms with E-state index in [9.17, 15) is 19.1 Å². The van der Waals surface area contributed by atoms with Crippen LogP contribution < -0.4 is 4.90 Å². The fourth-order valence-corrected chi connectivity index (χ4v) is 6.91. The lowest BCUT2D eigenvalue weighted by Crippen LogP contribution is -2.31. The quantitative estimate of drug-likeness (QED) is 0.154. The Morgan fingerprint density at radius 3 is 2.54 bits per heavy atom. The molecule has 0 aliphatic carbocycles. The van der Waals surface area contributed by atoms with Crippen LogP contribution >= 0.6 is 46.0 Å². The lowest BCUT2D eigenvalue weighted by atomic mass is 9.95. The van der Waals surface area contributed by atoms with E-state index in [4.69, 9.17) is 11.6 Å². The van der Waals surface area contributed by atoms with Crippen LogP contribution in [-0.4, -0.2) is 32.0 Å². The second kappa shape index (κ2) is 10.3. The Morgan fingerprint density at radius 1 is 1.14 bits per heavy atom. The number of aryl methyl sites for hydroxylation is 2. The van der Waals surface area contributed by atoms with Crippen molar-refractivity contribution in [3.8, 4) is 0 Å². The van der Waals surface area contributed by atoms with Gasteiger partial charge in [-0.3, -0.25) is 14.5 Å². The molecule has 1 aliphatic heterocycles. The molecule has 0 radical (unpaired) electrons. The highest BCUT2D eigenvalue weighted by atomic mass is 35.5. The van der Waals surface area contributed by atoms with E-state index >= 15 is 0 Å². The maximum Gasteiger partial charge on any atom is 0.296 e. The molecule has 0 spiro atoms. The van der Waals surface area contributed by atoms with Gasteiger partial charge in [0.05, 0.1) is 27.2 Å². The molecule has 188 valence electrons. The van der Waals surface area contributed by atoms with Crippen LogP contribution in [0.2, 0.25) is 5.02 Å². The summed E-state index contributed by atoms with van der Waals surface area (Å²) in [4.78, 5) is 33.0. The Morgan fingerprint density at radius 2 is 1.86 bits per heavy atom. The van der Waals surface area contributed by atoms with Crippen molar-refractivity contribution in [2.24, 2.45) is 0 Å². The number of benzene rings is 2. The second-order valence-electron chi connectivity index (χ2n) is 8.10. The molecule has 2 aromatic carbocycles. The maximum atomic E-state index is 13.7. The number of ketones is 1. The predicted octanol–water partition coefficient (Wildman–Crippen LogP) is 6.48. The molecule has 12 heteroatoms. The molecule has 1 amide bonds. The molecule has 1 unspecified atom stereocenters.